The van der Waals surface area contributed by atoms with Crippen molar-refractivity contribution in [1.29, 1.82) is 0 Å². The third kappa shape index (κ3) is 2.55. The Hall–Kier alpha value is -1.49. The molecule has 0 aromatic carbocycles. The third-order valence-electron chi connectivity index (χ3n) is 2.59. The Balaban J connectivity index is 2.01. The van der Waals surface area contributed by atoms with E-state index in [-0.39, 0.29) is 0 Å². The number of hydrogen-bond acceptors (Lipinski definition) is 4. The molecule has 0 saturated heterocycles. The van der Waals surface area contributed by atoms with E-state index in [0.29, 0.717) is 6.04 Å². The van der Waals surface area contributed by atoms with Gasteiger partial charge in [-0.25, -0.2) is 4.68 Å². The molecule has 1 saturated carbocycles. The molecule has 1 heterocycles. The van der Waals surface area contributed by atoms with Crippen LogP contribution >= 0.6 is 0 Å². The minimum atomic E-state index is 0.527. The Morgan fingerprint density at radius 2 is 2.00 bits per heavy atom. The summed E-state index contributed by atoms with van der Waals surface area (Å²) < 4.78 is 1.94. The molecule has 5 nitrogen and oxygen atoms in total. The van der Waals surface area contributed by atoms with E-state index in [0.717, 1.165) is 25.5 Å². The van der Waals surface area contributed by atoms with Crippen LogP contribution in [0.3, 0.4) is 0 Å². The molecule has 2 rings (SSSR count). The molecule has 1 aromatic heterocycles. The van der Waals surface area contributed by atoms with Crippen molar-refractivity contribution in [2.75, 3.05) is 13.1 Å². The topological polar surface area (TPSA) is 46.8 Å². The van der Waals surface area contributed by atoms with Gasteiger partial charge in [-0.3, -0.25) is 4.90 Å². The van der Waals surface area contributed by atoms with Gasteiger partial charge in [-0.1, -0.05) is 12.2 Å². The Morgan fingerprint density at radius 3 is 2.56 bits per heavy atom. The molecule has 0 radical (unpaired) electrons. The molecule has 0 N–H and O–H groups in total. The molecule has 5 heteroatoms. The van der Waals surface area contributed by atoms with Crippen LogP contribution in [0.25, 0.3) is 0 Å². The van der Waals surface area contributed by atoms with Gasteiger partial charge >= 0.3 is 0 Å². The Labute approximate surface area is 95.4 Å². The Morgan fingerprint density at radius 1 is 1.31 bits per heavy atom. The summed E-state index contributed by atoms with van der Waals surface area (Å²) in [5, 5.41) is 11.8. The second kappa shape index (κ2) is 5.03. The van der Waals surface area contributed by atoms with Gasteiger partial charge in [-0.2, -0.15) is 0 Å². The predicted octanol–water partition coefficient (Wildman–Crippen LogP) is 1.18. The fourth-order valence-corrected chi connectivity index (χ4v) is 1.69. The maximum atomic E-state index is 4.07. The smallest absolute Gasteiger partial charge is 0.165 e. The van der Waals surface area contributed by atoms with Crippen LogP contribution in [-0.2, 0) is 6.54 Å². The van der Waals surface area contributed by atoms with Gasteiger partial charge in [-0.15, -0.1) is 18.3 Å². The zero-order valence-electron chi connectivity index (χ0n) is 9.42. The van der Waals surface area contributed by atoms with Crippen molar-refractivity contribution < 1.29 is 0 Å². The summed E-state index contributed by atoms with van der Waals surface area (Å²) in [5.74, 6) is 0.936. The summed E-state index contributed by atoms with van der Waals surface area (Å²) in [6.07, 6.45) is 6.16. The van der Waals surface area contributed by atoms with E-state index in [1.165, 1.54) is 12.8 Å². The van der Waals surface area contributed by atoms with Crippen molar-refractivity contribution in [3.63, 3.8) is 0 Å². The van der Waals surface area contributed by atoms with Gasteiger partial charge in [0.1, 0.15) is 0 Å². The fourth-order valence-electron chi connectivity index (χ4n) is 1.69. The second-order valence-corrected chi connectivity index (χ2v) is 4.04. The van der Waals surface area contributed by atoms with Gasteiger partial charge in [0.2, 0.25) is 0 Å². The van der Waals surface area contributed by atoms with Crippen molar-refractivity contribution in [2.24, 2.45) is 0 Å². The Kier molecular flexibility index (Phi) is 3.46. The van der Waals surface area contributed by atoms with Crippen LogP contribution in [0.2, 0.25) is 0 Å². The average molecular weight is 219 g/mol. The lowest BCUT2D eigenvalue weighted by molar-refractivity contribution is 0.310. The van der Waals surface area contributed by atoms with Gasteiger partial charge in [0.15, 0.2) is 5.82 Å². The van der Waals surface area contributed by atoms with E-state index in [9.17, 15) is 0 Å². The van der Waals surface area contributed by atoms with Crippen LogP contribution in [0.4, 0.5) is 0 Å². The molecule has 86 valence electrons. The van der Waals surface area contributed by atoms with Crippen LogP contribution in [0.15, 0.2) is 25.3 Å². The first-order chi connectivity index (χ1) is 7.85. The van der Waals surface area contributed by atoms with Crippen molar-refractivity contribution in [1.82, 2.24) is 25.1 Å². The molecule has 0 atom stereocenters. The van der Waals surface area contributed by atoms with E-state index in [2.05, 4.69) is 33.6 Å². The molecule has 1 fully saturated rings. The average Bonchev–Trinajstić information content (AvgIpc) is 3.01. The van der Waals surface area contributed by atoms with Crippen LogP contribution in [0.5, 0.6) is 0 Å². The molecular formula is C11H17N5. The normalized spacial score (nSPS) is 15.3. The van der Waals surface area contributed by atoms with E-state index >= 15 is 0 Å². The minimum Gasteiger partial charge on any atom is -0.289 e. The predicted molar refractivity (Wildman–Crippen MR) is 61.8 cm³/mol. The molecule has 1 aliphatic rings. The van der Waals surface area contributed by atoms with Gasteiger partial charge in [-0.05, 0) is 23.3 Å². The number of tetrazole rings is 1. The largest absolute Gasteiger partial charge is 0.289 e. The first kappa shape index (κ1) is 11.0. The van der Waals surface area contributed by atoms with E-state index < -0.39 is 0 Å². The molecule has 16 heavy (non-hydrogen) atoms. The highest BCUT2D eigenvalue weighted by atomic mass is 15.6. The van der Waals surface area contributed by atoms with Crippen molar-refractivity contribution in [3.8, 4) is 0 Å². The molecule has 0 unspecified atom stereocenters. The summed E-state index contributed by atoms with van der Waals surface area (Å²) in [5.41, 5.74) is 0. The van der Waals surface area contributed by atoms with Gasteiger partial charge in [0.25, 0.3) is 0 Å². The summed E-state index contributed by atoms with van der Waals surface area (Å²) >= 11 is 0. The van der Waals surface area contributed by atoms with Gasteiger partial charge in [0, 0.05) is 13.1 Å². The monoisotopic (exact) mass is 219 g/mol. The quantitative estimate of drug-likeness (QED) is 0.646. The standard InChI is InChI=1S/C11H17N5/c1-3-7-15(8-4-2)9-11-12-13-14-16(11)10-5-6-10/h3-4,10H,1-2,5-9H2. The lowest BCUT2D eigenvalue weighted by atomic mass is 10.4. The zero-order valence-corrected chi connectivity index (χ0v) is 9.42. The summed E-state index contributed by atoms with van der Waals surface area (Å²) in [6.45, 7) is 9.89. The number of aromatic nitrogens is 4. The molecule has 1 aliphatic carbocycles. The molecule has 0 aliphatic heterocycles. The highest BCUT2D eigenvalue weighted by molar-refractivity contribution is 4.92. The molecule has 0 spiro atoms. The van der Waals surface area contributed by atoms with Crippen LogP contribution in [0, 0.1) is 0 Å². The molecule has 0 amide bonds. The van der Waals surface area contributed by atoms with Gasteiger partial charge < -0.3 is 0 Å². The zero-order chi connectivity index (χ0) is 11.4. The Bertz CT molecular complexity index is 356. The number of hydrogen-bond donors (Lipinski definition) is 0. The van der Waals surface area contributed by atoms with Gasteiger partial charge in [0.05, 0.1) is 12.6 Å². The lowest BCUT2D eigenvalue weighted by Gasteiger charge is -2.17. The third-order valence-corrected chi connectivity index (χ3v) is 2.59. The van der Waals surface area contributed by atoms with Crippen molar-refractivity contribution in [2.45, 2.75) is 25.4 Å². The molecule has 1 aromatic rings. The summed E-state index contributed by atoms with van der Waals surface area (Å²) in [7, 11) is 0. The summed E-state index contributed by atoms with van der Waals surface area (Å²) in [6, 6.07) is 0.527. The lowest BCUT2D eigenvalue weighted by Crippen LogP contribution is -2.25. The number of nitrogens with zero attached hydrogens (tertiary/aromatic N) is 5. The minimum absolute atomic E-state index is 0.527. The first-order valence-corrected chi connectivity index (χ1v) is 5.56. The first-order valence-electron chi connectivity index (χ1n) is 5.56. The highest BCUT2D eigenvalue weighted by Gasteiger charge is 2.27. The maximum Gasteiger partial charge on any atom is 0.165 e. The van der Waals surface area contributed by atoms with E-state index in [1.807, 2.05) is 16.8 Å². The summed E-state index contributed by atoms with van der Waals surface area (Å²) in [4.78, 5) is 2.20. The second-order valence-electron chi connectivity index (χ2n) is 4.04. The van der Waals surface area contributed by atoms with E-state index in [4.69, 9.17) is 0 Å². The highest BCUT2D eigenvalue weighted by Crippen LogP contribution is 2.34. The van der Waals surface area contributed by atoms with Crippen molar-refractivity contribution in [3.05, 3.63) is 31.1 Å². The van der Waals surface area contributed by atoms with Crippen LogP contribution < -0.4 is 0 Å². The van der Waals surface area contributed by atoms with Crippen molar-refractivity contribution >= 4 is 0 Å². The van der Waals surface area contributed by atoms with Crippen LogP contribution in [0.1, 0.15) is 24.7 Å². The van der Waals surface area contributed by atoms with E-state index in [1.54, 1.807) is 0 Å². The molecule has 0 bridgehead atoms. The SMILES string of the molecule is C=CCN(CC=C)Cc1nnnn1C1CC1. The number of rotatable bonds is 7. The fraction of sp³-hybridized carbons (Fsp3) is 0.545. The maximum absolute atomic E-state index is 4.07. The molecular weight excluding hydrogens is 202 g/mol. The van der Waals surface area contributed by atoms with Crippen LogP contribution in [-0.4, -0.2) is 38.2 Å².